The first-order chi connectivity index (χ1) is 9.13. The molecule has 0 aromatic carbocycles. The van der Waals surface area contributed by atoms with Crippen LogP contribution in [-0.4, -0.2) is 44.9 Å². The van der Waals surface area contributed by atoms with E-state index in [0.29, 0.717) is 6.04 Å². The molecule has 1 aliphatic rings. The minimum absolute atomic E-state index is 0. The Morgan fingerprint density at radius 3 is 2.95 bits per heavy atom. The van der Waals surface area contributed by atoms with Gasteiger partial charge in [0, 0.05) is 43.6 Å². The van der Waals surface area contributed by atoms with Gasteiger partial charge in [-0.3, -0.25) is 9.30 Å². The smallest absolute Gasteiger partial charge is 0.234 e. The van der Waals surface area contributed by atoms with Crippen molar-refractivity contribution >= 4 is 18.2 Å². The summed E-state index contributed by atoms with van der Waals surface area (Å²) < 4.78 is 2.17. The molecule has 1 fully saturated rings. The average molecular weight is 296 g/mol. The van der Waals surface area contributed by atoms with E-state index < -0.39 is 0 Å². The van der Waals surface area contributed by atoms with E-state index in [1.807, 2.05) is 13.1 Å². The number of hydrogen-bond donors (Lipinski definition) is 1. The minimum atomic E-state index is 0. The van der Waals surface area contributed by atoms with Gasteiger partial charge in [-0.2, -0.15) is 0 Å². The number of aromatic nitrogens is 3. The topological polar surface area (TPSA) is 45.5 Å². The Bertz CT molecular complexity index is 595. The number of nitrogens with zero attached hydrogens (tertiary/aromatic N) is 4. The predicted octanol–water partition coefficient (Wildman–Crippen LogP) is 1.56. The second kappa shape index (κ2) is 6.08. The summed E-state index contributed by atoms with van der Waals surface area (Å²) in [5, 5.41) is 3.47. The first-order valence-corrected chi connectivity index (χ1v) is 6.90. The SMILES string of the molecule is Cc1cc(C)n2c(CN3CCN[C@@H](C)C3)cnc2n1.Cl. The van der Waals surface area contributed by atoms with Crippen molar-refractivity contribution in [1.29, 1.82) is 0 Å². The Balaban J connectivity index is 0.00000147. The first kappa shape index (κ1) is 15.2. The largest absolute Gasteiger partial charge is 0.312 e. The molecule has 3 rings (SSSR count). The fourth-order valence-corrected chi connectivity index (χ4v) is 2.89. The number of fused-ring (bicyclic) bond motifs is 1. The summed E-state index contributed by atoms with van der Waals surface area (Å²) in [6.45, 7) is 10.6. The number of rotatable bonds is 2. The molecule has 0 spiro atoms. The lowest BCUT2D eigenvalue weighted by atomic mass is 10.2. The van der Waals surface area contributed by atoms with E-state index >= 15 is 0 Å². The van der Waals surface area contributed by atoms with Gasteiger partial charge in [-0.15, -0.1) is 12.4 Å². The fraction of sp³-hybridized carbons (Fsp3) is 0.571. The van der Waals surface area contributed by atoms with E-state index in [-0.39, 0.29) is 12.4 Å². The lowest BCUT2D eigenvalue weighted by Crippen LogP contribution is -2.48. The molecule has 1 aliphatic heterocycles. The zero-order valence-corrected chi connectivity index (χ0v) is 13.1. The second-order valence-electron chi connectivity index (χ2n) is 5.51. The van der Waals surface area contributed by atoms with Crippen molar-refractivity contribution in [3.05, 3.63) is 29.3 Å². The van der Waals surface area contributed by atoms with Crippen molar-refractivity contribution < 1.29 is 0 Å². The molecule has 0 saturated carbocycles. The van der Waals surface area contributed by atoms with Gasteiger partial charge >= 0.3 is 0 Å². The van der Waals surface area contributed by atoms with Gasteiger partial charge in [-0.1, -0.05) is 0 Å². The Morgan fingerprint density at radius 1 is 1.40 bits per heavy atom. The van der Waals surface area contributed by atoms with E-state index in [9.17, 15) is 0 Å². The van der Waals surface area contributed by atoms with E-state index in [1.165, 1.54) is 11.4 Å². The lowest BCUT2D eigenvalue weighted by molar-refractivity contribution is 0.197. The zero-order chi connectivity index (χ0) is 13.4. The summed E-state index contributed by atoms with van der Waals surface area (Å²) in [4.78, 5) is 11.4. The molecular weight excluding hydrogens is 274 g/mol. The Morgan fingerprint density at radius 2 is 2.20 bits per heavy atom. The summed E-state index contributed by atoms with van der Waals surface area (Å²) >= 11 is 0. The highest BCUT2D eigenvalue weighted by atomic mass is 35.5. The first-order valence-electron chi connectivity index (χ1n) is 6.90. The summed E-state index contributed by atoms with van der Waals surface area (Å²) in [5.41, 5.74) is 3.46. The monoisotopic (exact) mass is 295 g/mol. The van der Waals surface area contributed by atoms with Crippen LogP contribution in [0.4, 0.5) is 0 Å². The third-order valence-electron chi connectivity index (χ3n) is 3.70. The summed E-state index contributed by atoms with van der Waals surface area (Å²) in [5.74, 6) is 0.815. The molecular formula is C14H22ClN5. The molecule has 6 heteroatoms. The van der Waals surface area contributed by atoms with E-state index in [2.05, 4.69) is 44.5 Å². The highest BCUT2D eigenvalue weighted by Gasteiger charge is 2.17. The highest BCUT2D eigenvalue weighted by molar-refractivity contribution is 5.85. The highest BCUT2D eigenvalue weighted by Crippen LogP contribution is 2.13. The van der Waals surface area contributed by atoms with Crippen molar-refractivity contribution in [2.45, 2.75) is 33.4 Å². The predicted molar refractivity (Wildman–Crippen MR) is 82.5 cm³/mol. The summed E-state index contributed by atoms with van der Waals surface area (Å²) in [7, 11) is 0. The molecule has 2 aromatic rings. The maximum Gasteiger partial charge on any atom is 0.234 e. The molecule has 1 saturated heterocycles. The summed E-state index contributed by atoms with van der Waals surface area (Å²) in [6, 6.07) is 2.67. The van der Waals surface area contributed by atoms with Crippen molar-refractivity contribution in [2.75, 3.05) is 19.6 Å². The van der Waals surface area contributed by atoms with Crippen LogP contribution in [0.2, 0.25) is 0 Å². The summed E-state index contributed by atoms with van der Waals surface area (Å²) in [6.07, 6.45) is 1.96. The molecule has 110 valence electrons. The van der Waals surface area contributed by atoms with Gasteiger partial charge in [-0.05, 0) is 26.8 Å². The van der Waals surface area contributed by atoms with Crippen molar-refractivity contribution in [3.8, 4) is 0 Å². The molecule has 0 radical (unpaired) electrons. The maximum absolute atomic E-state index is 4.49. The maximum atomic E-state index is 4.49. The molecule has 0 aliphatic carbocycles. The molecule has 5 nitrogen and oxygen atoms in total. The third kappa shape index (κ3) is 2.95. The Kier molecular flexibility index (Phi) is 4.62. The van der Waals surface area contributed by atoms with Crippen LogP contribution in [0, 0.1) is 13.8 Å². The lowest BCUT2D eigenvalue weighted by Gasteiger charge is -2.31. The second-order valence-corrected chi connectivity index (χ2v) is 5.51. The van der Waals surface area contributed by atoms with Crippen molar-refractivity contribution in [3.63, 3.8) is 0 Å². The van der Waals surface area contributed by atoms with Crippen LogP contribution < -0.4 is 5.32 Å². The van der Waals surface area contributed by atoms with Crippen LogP contribution in [0.1, 0.15) is 24.0 Å². The number of nitrogens with one attached hydrogen (secondary N) is 1. The fourth-order valence-electron chi connectivity index (χ4n) is 2.89. The number of aryl methyl sites for hydroxylation is 2. The van der Waals surface area contributed by atoms with Crippen LogP contribution in [0.3, 0.4) is 0 Å². The molecule has 1 atom stereocenters. The van der Waals surface area contributed by atoms with E-state index in [1.54, 1.807) is 0 Å². The molecule has 0 bridgehead atoms. The van der Waals surface area contributed by atoms with Crippen LogP contribution in [-0.2, 0) is 6.54 Å². The normalized spacial score (nSPS) is 20.1. The van der Waals surface area contributed by atoms with Gasteiger partial charge in [-0.25, -0.2) is 9.97 Å². The quantitative estimate of drug-likeness (QED) is 0.913. The minimum Gasteiger partial charge on any atom is -0.312 e. The molecule has 2 aromatic heterocycles. The van der Waals surface area contributed by atoms with Crippen LogP contribution in [0.25, 0.3) is 5.78 Å². The average Bonchev–Trinajstić information content (AvgIpc) is 2.72. The molecule has 3 heterocycles. The van der Waals surface area contributed by atoms with E-state index in [4.69, 9.17) is 0 Å². The number of hydrogen-bond acceptors (Lipinski definition) is 4. The Hall–Kier alpha value is -1.17. The van der Waals surface area contributed by atoms with Crippen molar-refractivity contribution in [2.24, 2.45) is 0 Å². The van der Waals surface area contributed by atoms with Gasteiger partial charge in [0.15, 0.2) is 0 Å². The molecule has 0 amide bonds. The number of imidazole rings is 1. The van der Waals surface area contributed by atoms with E-state index in [0.717, 1.165) is 37.7 Å². The van der Waals surface area contributed by atoms with Gasteiger partial charge < -0.3 is 5.32 Å². The molecule has 0 unspecified atom stereocenters. The van der Waals surface area contributed by atoms with Gasteiger partial charge in [0.1, 0.15) is 0 Å². The van der Waals surface area contributed by atoms with Gasteiger partial charge in [0.25, 0.3) is 0 Å². The van der Waals surface area contributed by atoms with Crippen LogP contribution in [0.5, 0.6) is 0 Å². The van der Waals surface area contributed by atoms with Gasteiger partial charge in [0.05, 0.1) is 11.9 Å². The third-order valence-corrected chi connectivity index (χ3v) is 3.70. The Labute approximate surface area is 125 Å². The van der Waals surface area contributed by atoms with Gasteiger partial charge in [0.2, 0.25) is 5.78 Å². The molecule has 20 heavy (non-hydrogen) atoms. The van der Waals surface area contributed by atoms with Crippen molar-refractivity contribution in [1.82, 2.24) is 24.6 Å². The van der Waals surface area contributed by atoms with Crippen LogP contribution >= 0.6 is 12.4 Å². The molecule has 1 N–H and O–H groups in total. The van der Waals surface area contributed by atoms with Crippen LogP contribution in [0.15, 0.2) is 12.3 Å². The number of piperazine rings is 1. The zero-order valence-electron chi connectivity index (χ0n) is 12.3. The standard InChI is InChI=1S/C14H21N5.ClH/c1-10-6-12(3)19-13(7-16-14(19)17-10)9-18-5-4-15-11(2)8-18;/h6-7,11,15H,4-5,8-9H2,1-3H3;1H/t11-;/m0./s1. The number of halogens is 1.